The van der Waals surface area contributed by atoms with Gasteiger partial charge in [-0.3, -0.25) is 5.10 Å². The lowest BCUT2D eigenvalue weighted by molar-refractivity contribution is 0.964. The summed E-state index contributed by atoms with van der Waals surface area (Å²) in [5, 5.41) is 8.45. The number of H-pyrrole nitrogens is 1. The molecule has 0 bridgehead atoms. The van der Waals surface area contributed by atoms with E-state index in [2.05, 4.69) is 20.2 Å². The quantitative estimate of drug-likeness (QED) is 0.839. The van der Waals surface area contributed by atoms with Gasteiger partial charge in [-0.05, 0) is 24.8 Å². The van der Waals surface area contributed by atoms with Gasteiger partial charge in [0.15, 0.2) is 0 Å². The van der Waals surface area contributed by atoms with Gasteiger partial charge in [-0.2, -0.15) is 0 Å². The van der Waals surface area contributed by atoms with Crippen molar-refractivity contribution in [3.8, 4) is 0 Å². The van der Waals surface area contributed by atoms with E-state index in [1.54, 1.807) is 12.3 Å². The minimum absolute atomic E-state index is 0.502. The van der Waals surface area contributed by atoms with Gasteiger partial charge < -0.3 is 5.73 Å². The predicted molar refractivity (Wildman–Crippen MR) is 58.9 cm³/mol. The highest BCUT2D eigenvalue weighted by molar-refractivity contribution is 7.99. The average Bonchev–Trinajstić information content (AvgIpc) is 2.56. The lowest BCUT2D eigenvalue weighted by Gasteiger charge is -2.00. The minimum Gasteiger partial charge on any atom is -0.397 e. The number of aromatic nitrogens is 4. The van der Waals surface area contributed by atoms with Crippen molar-refractivity contribution in [1.82, 2.24) is 20.2 Å². The molecule has 0 aliphatic rings. The first-order valence-electron chi connectivity index (χ1n) is 4.13. The van der Waals surface area contributed by atoms with Crippen LogP contribution in [0.1, 0.15) is 5.82 Å². The standard InChI is InChI=1S/C8H8ClN5S/c1-4-12-8(14-13-4)15-7-6(9)2-5(10)3-11-7/h2-3H,10H2,1H3,(H,12,13,14). The van der Waals surface area contributed by atoms with E-state index in [0.29, 0.717) is 20.9 Å². The third-order valence-electron chi connectivity index (χ3n) is 1.59. The fraction of sp³-hybridized carbons (Fsp3) is 0.125. The number of nitrogen functional groups attached to an aromatic ring is 1. The molecule has 0 spiro atoms. The molecule has 0 aliphatic carbocycles. The fourth-order valence-electron chi connectivity index (χ4n) is 0.970. The normalized spacial score (nSPS) is 10.5. The van der Waals surface area contributed by atoms with Crippen molar-refractivity contribution >= 4 is 29.1 Å². The van der Waals surface area contributed by atoms with Crippen molar-refractivity contribution in [2.24, 2.45) is 0 Å². The van der Waals surface area contributed by atoms with Crippen LogP contribution in [-0.2, 0) is 0 Å². The zero-order valence-corrected chi connectivity index (χ0v) is 9.43. The van der Waals surface area contributed by atoms with Crippen molar-refractivity contribution in [3.63, 3.8) is 0 Å². The van der Waals surface area contributed by atoms with Gasteiger partial charge in [0.25, 0.3) is 0 Å². The first kappa shape index (κ1) is 10.3. The van der Waals surface area contributed by atoms with Crippen molar-refractivity contribution in [3.05, 3.63) is 23.1 Å². The second-order valence-electron chi connectivity index (χ2n) is 2.86. The molecule has 3 N–H and O–H groups in total. The maximum atomic E-state index is 5.96. The Balaban J connectivity index is 2.24. The number of aromatic amines is 1. The Hall–Kier alpha value is -1.27. The molecule has 2 heterocycles. The lowest BCUT2D eigenvalue weighted by Crippen LogP contribution is -1.89. The molecule has 0 aliphatic heterocycles. The number of hydrogen-bond acceptors (Lipinski definition) is 5. The number of halogens is 1. The Kier molecular flexibility index (Phi) is 2.79. The number of nitrogens with two attached hydrogens (primary N) is 1. The second kappa shape index (κ2) is 4.08. The van der Waals surface area contributed by atoms with E-state index < -0.39 is 0 Å². The Morgan fingerprint density at radius 3 is 2.93 bits per heavy atom. The Morgan fingerprint density at radius 2 is 2.33 bits per heavy atom. The monoisotopic (exact) mass is 241 g/mol. The average molecular weight is 242 g/mol. The predicted octanol–water partition coefficient (Wildman–Crippen LogP) is 1.89. The summed E-state index contributed by atoms with van der Waals surface area (Å²) in [6, 6.07) is 1.65. The van der Waals surface area contributed by atoms with E-state index >= 15 is 0 Å². The van der Waals surface area contributed by atoms with Gasteiger partial charge in [0, 0.05) is 0 Å². The highest BCUT2D eigenvalue weighted by Gasteiger charge is 2.08. The second-order valence-corrected chi connectivity index (χ2v) is 4.22. The summed E-state index contributed by atoms with van der Waals surface area (Å²) >= 11 is 7.25. The van der Waals surface area contributed by atoms with Crippen LogP contribution in [0.3, 0.4) is 0 Å². The van der Waals surface area contributed by atoms with Crippen LogP contribution < -0.4 is 5.73 Å². The number of rotatable bonds is 2. The zero-order valence-electron chi connectivity index (χ0n) is 7.86. The molecule has 7 heteroatoms. The molecule has 0 saturated heterocycles. The van der Waals surface area contributed by atoms with Gasteiger partial charge in [0.1, 0.15) is 10.9 Å². The van der Waals surface area contributed by atoms with Crippen molar-refractivity contribution in [2.45, 2.75) is 17.1 Å². The van der Waals surface area contributed by atoms with Crippen LogP contribution in [0, 0.1) is 6.92 Å². The van der Waals surface area contributed by atoms with Gasteiger partial charge >= 0.3 is 0 Å². The minimum atomic E-state index is 0.502. The van der Waals surface area contributed by atoms with Gasteiger partial charge in [0.05, 0.1) is 16.9 Å². The molecule has 2 rings (SSSR count). The SMILES string of the molecule is Cc1nc(Sc2ncc(N)cc2Cl)n[nH]1. The van der Waals surface area contributed by atoms with Crippen LogP contribution in [0.2, 0.25) is 5.02 Å². The molecular weight excluding hydrogens is 234 g/mol. The van der Waals surface area contributed by atoms with E-state index in [9.17, 15) is 0 Å². The topological polar surface area (TPSA) is 80.5 Å². The van der Waals surface area contributed by atoms with Crippen LogP contribution in [0.5, 0.6) is 0 Å². The molecule has 0 amide bonds. The summed E-state index contributed by atoms with van der Waals surface area (Å²) in [6.07, 6.45) is 1.55. The van der Waals surface area contributed by atoms with E-state index in [1.165, 1.54) is 11.8 Å². The number of aryl methyl sites for hydroxylation is 1. The molecule has 2 aromatic heterocycles. The molecule has 0 radical (unpaired) electrons. The Labute approximate surface area is 95.5 Å². The Bertz CT molecular complexity index is 484. The van der Waals surface area contributed by atoms with Crippen molar-refractivity contribution in [1.29, 1.82) is 0 Å². The first-order valence-corrected chi connectivity index (χ1v) is 5.32. The smallest absolute Gasteiger partial charge is 0.214 e. The van der Waals surface area contributed by atoms with Crippen molar-refractivity contribution < 1.29 is 0 Å². The largest absolute Gasteiger partial charge is 0.397 e. The summed E-state index contributed by atoms with van der Waals surface area (Å²) in [6.45, 7) is 1.83. The summed E-state index contributed by atoms with van der Waals surface area (Å²) in [5.74, 6) is 0.754. The number of anilines is 1. The maximum absolute atomic E-state index is 5.96. The van der Waals surface area contributed by atoms with E-state index in [-0.39, 0.29) is 0 Å². The molecule has 5 nitrogen and oxygen atoms in total. The van der Waals surface area contributed by atoms with Crippen molar-refractivity contribution in [2.75, 3.05) is 5.73 Å². The molecule has 15 heavy (non-hydrogen) atoms. The summed E-state index contributed by atoms with van der Waals surface area (Å²) in [5.41, 5.74) is 6.07. The van der Waals surface area contributed by atoms with Crippen LogP contribution >= 0.6 is 23.4 Å². The number of pyridine rings is 1. The zero-order chi connectivity index (χ0) is 10.8. The third kappa shape index (κ3) is 2.40. The molecule has 0 fully saturated rings. The summed E-state index contributed by atoms with van der Waals surface area (Å²) in [7, 11) is 0. The molecule has 0 saturated carbocycles. The van der Waals surface area contributed by atoms with Crippen LogP contribution in [0.25, 0.3) is 0 Å². The highest BCUT2D eigenvalue weighted by atomic mass is 35.5. The summed E-state index contributed by atoms with van der Waals surface area (Å²) < 4.78 is 0. The first-order chi connectivity index (χ1) is 7.15. The van der Waals surface area contributed by atoms with Crippen LogP contribution in [-0.4, -0.2) is 20.2 Å². The molecule has 0 unspecified atom stereocenters. The van der Waals surface area contributed by atoms with Gasteiger partial charge in [-0.25, -0.2) is 9.97 Å². The molecule has 2 aromatic rings. The van der Waals surface area contributed by atoms with Gasteiger partial charge in [-0.15, -0.1) is 5.10 Å². The third-order valence-corrected chi connectivity index (χ3v) is 2.88. The van der Waals surface area contributed by atoms with Crippen LogP contribution in [0.15, 0.2) is 22.4 Å². The maximum Gasteiger partial charge on any atom is 0.214 e. The highest BCUT2D eigenvalue weighted by Crippen LogP contribution is 2.29. The van der Waals surface area contributed by atoms with E-state index in [4.69, 9.17) is 17.3 Å². The Morgan fingerprint density at radius 1 is 1.53 bits per heavy atom. The van der Waals surface area contributed by atoms with E-state index in [0.717, 1.165) is 5.82 Å². The van der Waals surface area contributed by atoms with Gasteiger partial charge in [0.2, 0.25) is 5.16 Å². The van der Waals surface area contributed by atoms with E-state index in [1.807, 2.05) is 6.92 Å². The number of nitrogens with one attached hydrogen (secondary N) is 1. The van der Waals surface area contributed by atoms with Gasteiger partial charge in [-0.1, -0.05) is 11.6 Å². The number of nitrogens with zero attached hydrogens (tertiary/aromatic N) is 3. The molecular formula is C8H8ClN5S. The summed E-state index contributed by atoms with van der Waals surface area (Å²) in [4.78, 5) is 8.23. The fourth-order valence-corrected chi connectivity index (χ4v) is 1.97. The molecule has 0 atom stereocenters. The lowest BCUT2D eigenvalue weighted by atomic mass is 10.4. The molecule has 0 aromatic carbocycles. The number of hydrogen-bond donors (Lipinski definition) is 2. The molecule has 78 valence electrons. The van der Waals surface area contributed by atoms with Crippen LogP contribution in [0.4, 0.5) is 5.69 Å².